The molecule has 0 spiro atoms. The summed E-state index contributed by atoms with van der Waals surface area (Å²) in [6, 6.07) is 15.1. The fourth-order valence-electron chi connectivity index (χ4n) is 3.56. The highest BCUT2D eigenvalue weighted by atomic mass is 16.7. The minimum Gasteiger partial charge on any atom is -0.454 e. The van der Waals surface area contributed by atoms with Crippen LogP contribution < -0.4 is 14.8 Å². The third-order valence-corrected chi connectivity index (χ3v) is 5.20. The summed E-state index contributed by atoms with van der Waals surface area (Å²) in [6.07, 6.45) is 2.33. The zero-order valence-electron chi connectivity index (χ0n) is 17.7. The summed E-state index contributed by atoms with van der Waals surface area (Å²) in [5.41, 5.74) is 2.02. The van der Waals surface area contributed by atoms with Crippen LogP contribution in [0.25, 0.3) is 0 Å². The van der Waals surface area contributed by atoms with Crippen LogP contribution in [0.5, 0.6) is 11.5 Å². The van der Waals surface area contributed by atoms with Crippen LogP contribution in [0.15, 0.2) is 48.5 Å². The first-order chi connectivity index (χ1) is 14.6. The summed E-state index contributed by atoms with van der Waals surface area (Å²) in [4.78, 5) is 27.7. The van der Waals surface area contributed by atoms with E-state index < -0.39 is 6.04 Å². The number of amides is 2. The molecule has 2 amide bonds. The van der Waals surface area contributed by atoms with Crippen molar-refractivity contribution in [1.29, 1.82) is 0 Å². The van der Waals surface area contributed by atoms with Crippen molar-refractivity contribution in [2.75, 3.05) is 13.3 Å². The molecule has 1 atom stereocenters. The molecule has 0 bridgehead atoms. The lowest BCUT2D eigenvalue weighted by Crippen LogP contribution is -2.49. The number of hydrogen-bond donors (Lipinski definition) is 1. The lowest BCUT2D eigenvalue weighted by atomic mass is 10.1. The van der Waals surface area contributed by atoms with E-state index in [0.717, 1.165) is 23.3 Å². The van der Waals surface area contributed by atoms with Gasteiger partial charge in [0.1, 0.15) is 6.04 Å². The fraction of sp³-hybridized carbons (Fsp3) is 0.417. The maximum atomic E-state index is 13.2. The minimum absolute atomic E-state index is 0.0324. The topological polar surface area (TPSA) is 67.9 Å². The van der Waals surface area contributed by atoms with Crippen molar-refractivity contribution in [3.8, 4) is 11.5 Å². The molecule has 1 aliphatic rings. The molecule has 1 unspecified atom stereocenters. The molecule has 2 aromatic rings. The van der Waals surface area contributed by atoms with E-state index in [9.17, 15) is 9.59 Å². The third-order valence-electron chi connectivity index (χ3n) is 5.20. The second-order valence-corrected chi connectivity index (χ2v) is 7.41. The second kappa shape index (κ2) is 10.7. The molecule has 6 nitrogen and oxygen atoms in total. The molecule has 0 aromatic heterocycles. The average molecular weight is 411 g/mol. The Bertz CT molecular complexity index is 854. The van der Waals surface area contributed by atoms with Crippen LogP contribution in [-0.2, 0) is 22.6 Å². The Morgan fingerprint density at radius 1 is 1.03 bits per heavy atom. The molecule has 2 aromatic carbocycles. The van der Waals surface area contributed by atoms with E-state index in [4.69, 9.17) is 9.47 Å². The molecule has 0 fully saturated rings. The maximum absolute atomic E-state index is 13.2. The van der Waals surface area contributed by atoms with Crippen molar-refractivity contribution in [3.63, 3.8) is 0 Å². The van der Waals surface area contributed by atoms with Crippen molar-refractivity contribution in [2.45, 2.75) is 52.1 Å². The molecule has 0 saturated carbocycles. The predicted molar refractivity (Wildman–Crippen MR) is 115 cm³/mol. The number of carbonyl (C=O) groups excluding carboxylic acids is 2. The average Bonchev–Trinajstić information content (AvgIpc) is 3.24. The number of nitrogens with zero attached hydrogens (tertiary/aromatic N) is 1. The van der Waals surface area contributed by atoms with E-state index in [0.29, 0.717) is 38.1 Å². The summed E-state index contributed by atoms with van der Waals surface area (Å²) in [5.74, 6) is 1.32. The van der Waals surface area contributed by atoms with Gasteiger partial charge in [0.2, 0.25) is 18.6 Å². The smallest absolute Gasteiger partial charge is 0.242 e. The van der Waals surface area contributed by atoms with Gasteiger partial charge in [-0.2, -0.15) is 0 Å². The number of ether oxygens (including phenoxy) is 2. The molecule has 1 N–H and O–H groups in total. The van der Waals surface area contributed by atoms with E-state index in [1.165, 1.54) is 0 Å². The summed E-state index contributed by atoms with van der Waals surface area (Å²) in [5, 5.41) is 2.94. The number of rotatable bonds is 10. The first-order valence-electron chi connectivity index (χ1n) is 10.6. The normalized spacial score (nSPS) is 13.0. The van der Waals surface area contributed by atoms with Crippen molar-refractivity contribution < 1.29 is 19.1 Å². The highest BCUT2D eigenvalue weighted by molar-refractivity contribution is 5.87. The Hall–Kier alpha value is -3.02. The molecule has 0 radical (unpaired) electrons. The van der Waals surface area contributed by atoms with Gasteiger partial charge in [0.25, 0.3) is 0 Å². The van der Waals surface area contributed by atoms with Gasteiger partial charge in [0.05, 0.1) is 0 Å². The molecular weight excluding hydrogens is 380 g/mol. The molecule has 3 rings (SSSR count). The SMILES string of the molecule is CCCNC(=O)C(CC)N(Cc1ccccc1)C(=O)CCc1ccc2c(c1)OCO2. The summed E-state index contributed by atoms with van der Waals surface area (Å²) in [6.45, 7) is 5.21. The highest BCUT2D eigenvalue weighted by Gasteiger charge is 2.28. The molecule has 1 heterocycles. The number of fused-ring (bicyclic) bond motifs is 1. The number of carbonyl (C=O) groups is 2. The zero-order valence-corrected chi connectivity index (χ0v) is 17.7. The molecule has 30 heavy (non-hydrogen) atoms. The summed E-state index contributed by atoms with van der Waals surface area (Å²) in [7, 11) is 0. The van der Waals surface area contributed by atoms with Crippen molar-refractivity contribution in [1.82, 2.24) is 10.2 Å². The highest BCUT2D eigenvalue weighted by Crippen LogP contribution is 2.32. The molecule has 6 heteroatoms. The van der Waals surface area contributed by atoms with Gasteiger partial charge in [-0.25, -0.2) is 0 Å². The largest absolute Gasteiger partial charge is 0.454 e. The quantitative estimate of drug-likeness (QED) is 0.649. The van der Waals surface area contributed by atoms with Crippen LogP contribution in [0.2, 0.25) is 0 Å². The molecule has 0 aliphatic carbocycles. The monoisotopic (exact) mass is 410 g/mol. The first kappa shape index (κ1) is 21.7. The van der Waals surface area contributed by atoms with Crippen molar-refractivity contribution >= 4 is 11.8 Å². The van der Waals surface area contributed by atoms with Gasteiger partial charge in [0, 0.05) is 19.5 Å². The van der Waals surface area contributed by atoms with E-state index in [1.807, 2.05) is 62.4 Å². The van der Waals surface area contributed by atoms with Crippen LogP contribution in [0.3, 0.4) is 0 Å². The van der Waals surface area contributed by atoms with E-state index >= 15 is 0 Å². The number of benzene rings is 2. The van der Waals surface area contributed by atoms with E-state index in [-0.39, 0.29) is 18.6 Å². The van der Waals surface area contributed by atoms with Gasteiger partial charge in [-0.1, -0.05) is 50.2 Å². The van der Waals surface area contributed by atoms with Gasteiger partial charge < -0.3 is 19.7 Å². The summed E-state index contributed by atoms with van der Waals surface area (Å²) < 4.78 is 10.8. The molecule has 1 aliphatic heterocycles. The standard InChI is InChI=1S/C24H30N2O4/c1-3-14-25-24(28)20(4-2)26(16-19-8-6-5-7-9-19)23(27)13-11-18-10-12-21-22(15-18)30-17-29-21/h5-10,12,15,20H,3-4,11,13-14,16-17H2,1-2H3,(H,25,28). The van der Waals surface area contributed by atoms with Crippen LogP contribution in [0, 0.1) is 0 Å². The van der Waals surface area contributed by atoms with Crippen LogP contribution >= 0.6 is 0 Å². The molecule has 160 valence electrons. The number of aryl methyl sites for hydroxylation is 1. The third kappa shape index (κ3) is 5.53. The summed E-state index contributed by atoms with van der Waals surface area (Å²) >= 11 is 0. The first-order valence-corrected chi connectivity index (χ1v) is 10.6. The van der Waals surface area contributed by atoms with Crippen molar-refractivity contribution in [3.05, 3.63) is 59.7 Å². The minimum atomic E-state index is -0.485. The lowest BCUT2D eigenvalue weighted by molar-refractivity contribution is -0.141. The maximum Gasteiger partial charge on any atom is 0.242 e. The number of hydrogen-bond acceptors (Lipinski definition) is 4. The Balaban J connectivity index is 1.72. The van der Waals surface area contributed by atoms with Gasteiger partial charge in [-0.05, 0) is 42.5 Å². The Labute approximate surface area is 178 Å². The van der Waals surface area contributed by atoms with Gasteiger partial charge >= 0.3 is 0 Å². The zero-order chi connectivity index (χ0) is 21.3. The van der Waals surface area contributed by atoms with Crippen LogP contribution in [0.4, 0.5) is 0 Å². The molecular formula is C24H30N2O4. The van der Waals surface area contributed by atoms with Crippen molar-refractivity contribution in [2.24, 2.45) is 0 Å². The lowest BCUT2D eigenvalue weighted by Gasteiger charge is -2.30. The number of nitrogens with one attached hydrogen (secondary N) is 1. The fourth-order valence-corrected chi connectivity index (χ4v) is 3.56. The predicted octanol–water partition coefficient (Wildman–Crippen LogP) is 3.68. The second-order valence-electron chi connectivity index (χ2n) is 7.41. The van der Waals surface area contributed by atoms with E-state index in [2.05, 4.69) is 5.32 Å². The van der Waals surface area contributed by atoms with E-state index in [1.54, 1.807) is 4.90 Å². The van der Waals surface area contributed by atoms with Gasteiger partial charge in [-0.15, -0.1) is 0 Å². The molecule has 0 saturated heterocycles. The van der Waals surface area contributed by atoms with Crippen LogP contribution in [0.1, 0.15) is 44.2 Å². The Kier molecular flexibility index (Phi) is 7.71. The van der Waals surface area contributed by atoms with Crippen LogP contribution in [-0.4, -0.2) is 36.1 Å². The van der Waals surface area contributed by atoms with Gasteiger partial charge in [-0.3, -0.25) is 9.59 Å². The van der Waals surface area contributed by atoms with Gasteiger partial charge in [0.15, 0.2) is 11.5 Å². The Morgan fingerprint density at radius 2 is 1.80 bits per heavy atom. The Morgan fingerprint density at radius 3 is 2.53 bits per heavy atom.